The molecule has 4 rings (SSSR count). The van der Waals surface area contributed by atoms with E-state index in [0.717, 1.165) is 32.5 Å². The summed E-state index contributed by atoms with van der Waals surface area (Å²) < 4.78 is 2.12. The Morgan fingerprint density at radius 1 is 1.12 bits per heavy atom. The second-order valence-electron chi connectivity index (χ2n) is 7.65. The van der Waals surface area contributed by atoms with Gasteiger partial charge in [-0.15, -0.1) is 11.3 Å². The number of fused-ring (bicyclic) bond motifs is 1. The molecule has 162 valence electrons. The Morgan fingerprint density at radius 3 is 2.55 bits per heavy atom. The van der Waals surface area contributed by atoms with Gasteiger partial charge in [0.1, 0.15) is 22.7 Å². The third-order valence-electron chi connectivity index (χ3n) is 5.58. The van der Waals surface area contributed by atoms with Crippen LogP contribution in [0.15, 0.2) is 66.4 Å². The Balaban J connectivity index is 1.69. The molecule has 6 heteroatoms. The number of carbonyl (C=O) groups is 1. The van der Waals surface area contributed by atoms with Crippen LogP contribution in [0, 0.1) is 29.6 Å². The summed E-state index contributed by atoms with van der Waals surface area (Å²) in [4.78, 5) is 13.9. The minimum atomic E-state index is -0.516. The van der Waals surface area contributed by atoms with Crippen LogP contribution in [0.3, 0.4) is 0 Å². The van der Waals surface area contributed by atoms with Gasteiger partial charge in [-0.05, 0) is 36.6 Å². The summed E-state index contributed by atoms with van der Waals surface area (Å²) >= 11 is 1.37. The normalized spacial score (nSPS) is 11.2. The molecule has 0 aliphatic heterocycles. The molecule has 0 aliphatic rings. The molecular formula is C27H22N4OS. The van der Waals surface area contributed by atoms with Crippen molar-refractivity contribution in [2.45, 2.75) is 26.8 Å². The minimum absolute atomic E-state index is 0.00870. The Kier molecular flexibility index (Phi) is 6.40. The highest BCUT2D eigenvalue weighted by Gasteiger charge is 2.19. The maximum absolute atomic E-state index is 12.9. The first kappa shape index (κ1) is 22.1. The van der Waals surface area contributed by atoms with Crippen LogP contribution in [0.1, 0.15) is 34.1 Å². The minimum Gasteiger partial charge on any atom is -0.342 e. The summed E-state index contributed by atoms with van der Waals surface area (Å²) in [6, 6.07) is 22.3. The molecule has 5 nitrogen and oxygen atoms in total. The Labute approximate surface area is 196 Å². The number of nitrogens with one attached hydrogen (secondary N) is 1. The Bertz CT molecular complexity index is 1450. The van der Waals surface area contributed by atoms with Crippen molar-refractivity contribution in [3.8, 4) is 12.1 Å². The number of thiophene rings is 1. The van der Waals surface area contributed by atoms with Gasteiger partial charge in [0, 0.05) is 34.1 Å². The van der Waals surface area contributed by atoms with Gasteiger partial charge in [0.15, 0.2) is 0 Å². The zero-order valence-electron chi connectivity index (χ0n) is 18.4. The summed E-state index contributed by atoms with van der Waals surface area (Å²) in [5.74, 6) is -0.516. The molecule has 2 aromatic heterocycles. The van der Waals surface area contributed by atoms with Gasteiger partial charge in [0.2, 0.25) is 0 Å². The van der Waals surface area contributed by atoms with Crippen molar-refractivity contribution in [2.75, 3.05) is 5.32 Å². The van der Waals surface area contributed by atoms with Crippen molar-refractivity contribution in [2.24, 2.45) is 0 Å². The lowest BCUT2D eigenvalue weighted by Crippen LogP contribution is -2.13. The highest BCUT2D eigenvalue weighted by molar-refractivity contribution is 7.16. The van der Waals surface area contributed by atoms with Crippen molar-refractivity contribution in [1.29, 1.82) is 10.5 Å². The van der Waals surface area contributed by atoms with E-state index in [9.17, 15) is 15.3 Å². The first-order chi connectivity index (χ1) is 16.0. The lowest BCUT2D eigenvalue weighted by Gasteiger charge is -2.05. The number of nitrogens with zero attached hydrogens (tertiary/aromatic N) is 3. The van der Waals surface area contributed by atoms with Gasteiger partial charge in [-0.2, -0.15) is 10.5 Å². The van der Waals surface area contributed by atoms with Gasteiger partial charge in [-0.3, -0.25) is 4.79 Å². The quantitative estimate of drug-likeness (QED) is 0.287. The molecule has 2 aromatic carbocycles. The summed E-state index contributed by atoms with van der Waals surface area (Å²) in [6.07, 6.45) is 4.29. The highest BCUT2D eigenvalue weighted by Crippen LogP contribution is 2.33. The molecule has 1 N–H and O–H groups in total. The number of carbonyl (C=O) groups excluding carboxylic acids is 1. The van der Waals surface area contributed by atoms with E-state index < -0.39 is 5.91 Å². The molecule has 4 aromatic rings. The van der Waals surface area contributed by atoms with Crippen LogP contribution in [0.5, 0.6) is 0 Å². The fourth-order valence-corrected chi connectivity index (χ4v) is 5.08. The maximum Gasteiger partial charge on any atom is 0.266 e. The summed E-state index contributed by atoms with van der Waals surface area (Å²) in [7, 11) is 0. The SMILES string of the molecule is CCc1c(C)sc(NC(=O)C(C#N)=Cc2cn(Cc3ccccc3)c3ccccc23)c1C#N. The van der Waals surface area contributed by atoms with Crippen LogP contribution in [0.25, 0.3) is 17.0 Å². The van der Waals surface area contributed by atoms with Crippen molar-refractivity contribution in [1.82, 2.24) is 4.57 Å². The number of para-hydroxylation sites is 1. The van der Waals surface area contributed by atoms with E-state index in [1.807, 2.05) is 68.6 Å². The van der Waals surface area contributed by atoms with Gasteiger partial charge < -0.3 is 9.88 Å². The van der Waals surface area contributed by atoms with Gasteiger partial charge in [0.25, 0.3) is 5.91 Å². The number of rotatable bonds is 6. The van der Waals surface area contributed by atoms with Gasteiger partial charge >= 0.3 is 0 Å². The summed E-state index contributed by atoms with van der Waals surface area (Å²) in [6.45, 7) is 4.60. The number of nitriles is 2. The van der Waals surface area contributed by atoms with Crippen LogP contribution in [-0.2, 0) is 17.8 Å². The molecule has 0 saturated carbocycles. The van der Waals surface area contributed by atoms with Gasteiger partial charge in [-0.1, -0.05) is 55.5 Å². The van der Waals surface area contributed by atoms with Crippen molar-refractivity contribution in [3.05, 3.63) is 93.5 Å². The van der Waals surface area contributed by atoms with E-state index in [1.54, 1.807) is 6.08 Å². The van der Waals surface area contributed by atoms with E-state index in [2.05, 4.69) is 28.1 Å². The van der Waals surface area contributed by atoms with E-state index >= 15 is 0 Å². The van der Waals surface area contributed by atoms with E-state index in [-0.39, 0.29) is 5.57 Å². The number of benzene rings is 2. The zero-order chi connectivity index (χ0) is 23.4. The van der Waals surface area contributed by atoms with Crippen molar-refractivity contribution >= 4 is 39.2 Å². The van der Waals surface area contributed by atoms with Crippen molar-refractivity contribution < 1.29 is 4.79 Å². The van der Waals surface area contributed by atoms with Crippen LogP contribution >= 0.6 is 11.3 Å². The fraction of sp³-hybridized carbons (Fsp3) is 0.148. The Hall–Kier alpha value is -4.13. The molecule has 0 bridgehead atoms. The summed E-state index contributed by atoms with van der Waals surface area (Å²) in [5, 5.41) is 23.5. The van der Waals surface area contributed by atoms with Crippen LogP contribution < -0.4 is 5.32 Å². The topological polar surface area (TPSA) is 81.6 Å². The largest absolute Gasteiger partial charge is 0.342 e. The maximum atomic E-state index is 12.9. The predicted octanol–water partition coefficient (Wildman–Crippen LogP) is 6.04. The monoisotopic (exact) mass is 450 g/mol. The molecule has 0 radical (unpaired) electrons. The van der Waals surface area contributed by atoms with E-state index in [0.29, 0.717) is 23.5 Å². The number of amides is 1. The predicted molar refractivity (Wildman–Crippen MR) is 133 cm³/mol. The summed E-state index contributed by atoms with van der Waals surface area (Å²) in [5.41, 5.74) is 4.39. The van der Waals surface area contributed by atoms with E-state index in [4.69, 9.17) is 0 Å². The highest BCUT2D eigenvalue weighted by atomic mass is 32.1. The first-order valence-electron chi connectivity index (χ1n) is 10.6. The van der Waals surface area contributed by atoms with E-state index in [1.165, 1.54) is 11.3 Å². The zero-order valence-corrected chi connectivity index (χ0v) is 19.2. The number of hydrogen-bond acceptors (Lipinski definition) is 4. The van der Waals surface area contributed by atoms with Crippen LogP contribution in [0.2, 0.25) is 0 Å². The van der Waals surface area contributed by atoms with Crippen LogP contribution in [-0.4, -0.2) is 10.5 Å². The molecule has 0 spiro atoms. The van der Waals surface area contributed by atoms with Crippen molar-refractivity contribution in [3.63, 3.8) is 0 Å². The van der Waals surface area contributed by atoms with Gasteiger partial charge in [0.05, 0.1) is 5.56 Å². The average Bonchev–Trinajstić information content (AvgIpc) is 3.33. The number of anilines is 1. The smallest absolute Gasteiger partial charge is 0.266 e. The molecule has 0 saturated heterocycles. The molecule has 2 heterocycles. The third kappa shape index (κ3) is 4.43. The molecule has 1 amide bonds. The Morgan fingerprint density at radius 2 is 1.85 bits per heavy atom. The number of aromatic nitrogens is 1. The van der Waals surface area contributed by atoms with Gasteiger partial charge in [-0.25, -0.2) is 0 Å². The first-order valence-corrected chi connectivity index (χ1v) is 11.4. The molecule has 0 unspecified atom stereocenters. The standard InChI is InChI=1S/C27H22N4OS/c1-3-22-18(2)33-27(24(22)15-29)30-26(32)20(14-28)13-21-17-31(16-19-9-5-4-6-10-19)25-12-8-7-11-23(21)25/h4-13,17H,3,16H2,1-2H3,(H,30,32). The lowest BCUT2D eigenvalue weighted by atomic mass is 10.1. The molecule has 0 atom stereocenters. The van der Waals surface area contributed by atoms with Crippen LogP contribution in [0.4, 0.5) is 5.00 Å². The second kappa shape index (κ2) is 9.56. The lowest BCUT2D eigenvalue weighted by molar-refractivity contribution is -0.112. The number of hydrogen-bond donors (Lipinski definition) is 1. The average molecular weight is 451 g/mol. The number of aryl methyl sites for hydroxylation is 1. The second-order valence-corrected chi connectivity index (χ2v) is 8.87. The molecule has 33 heavy (non-hydrogen) atoms. The third-order valence-corrected chi connectivity index (χ3v) is 6.64. The fourth-order valence-electron chi connectivity index (χ4n) is 3.99. The molecule has 0 aliphatic carbocycles. The molecular weight excluding hydrogens is 428 g/mol. The molecule has 0 fully saturated rings.